The van der Waals surface area contributed by atoms with Crippen LogP contribution in [0.15, 0.2) is 12.1 Å². The molecule has 13 heavy (non-hydrogen) atoms. The molecule has 4 heteroatoms. The van der Waals surface area contributed by atoms with Crippen LogP contribution in [0.25, 0.3) is 0 Å². The number of halogens is 1. The van der Waals surface area contributed by atoms with E-state index in [1.54, 1.807) is 0 Å². The molecule has 1 saturated carbocycles. The Bertz CT molecular complexity index is 336. The van der Waals surface area contributed by atoms with E-state index in [0.717, 1.165) is 6.42 Å². The van der Waals surface area contributed by atoms with Gasteiger partial charge in [-0.2, -0.15) is 4.39 Å². The minimum atomic E-state index is -0.995. The van der Waals surface area contributed by atoms with E-state index in [1.165, 1.54) is 12.1 Å². The second kappa shape index (κ2) is 2.67. The molecule has 1 heterocycles. The maximum Gasteiger partial charge on any atom is 0.220 e. The topological polar surface area (TPSA) is 59.1 Å². The molecule has 70 valence electrons. The number of anilines is 1. The van der Waals surface area contributed by atoms with E-state index in [4.69, 9.17) is 5.73 Å². The van der Waals surface area contributed by atoms with Crippen molar-refractivity contribution in [2.24, 2.45) is 0 Å². The normalized spacial score (nSPS) is 19.5. The van der Waals surface area contributed by atoms with Gasteiger partial charge in [-0.3, -0.25) is 0 Å². The number of nitrogens with two attached hydrogens (primary N) is 1. The predicted molar refractivity (Wildman–Crippen MR) is 46.4 cm³/mol. The molecule has 2 rings (SSSR count). The molecule has 0 saturated heterocycles. The lowest BCUT2D eigenvalue weighted by Gasteiger charge is -2.36. The summed E-state index contributed by atoms with van der Waals surface area (Å²) in [5.74, 6) is -0.508. The SMILES string of the molecule is Nc1ccc(C2(O)CCC2)c(F)n1. The maximum atomic E-state index is 13.2. The summed E-state index contributed by atoms with van der Waals surface area (Å²) in [6, 6.07) is 3.02. The van der Waals surface area contributed by atoms with Gasteiger partial charge in [0, 0.05) is 5.56 Å². The molecule has 0 aromatic carbocycles. The third-order valence-corrected chi connectivity index (χ3v) is 2.55. The molecule has 1 fully saturated rings. The van der Waals surface area contributed by atoms with Gasteiger partial charge in [0.15, 0.2) is 0 Å². The number of nitrogen functional groups attached to an aromatic ring is 1. The van der Waals surface area contributed by atoms with Crippen LogP contribution in [0.3, 0.4) is 0 Å². The third-order valence-electron chi connectivity index (χ3n) is 2.55. The number of aliphatic hydroxyl groups is 1. The first-order chi connectivity index (χ1) is 6.12. The Morgan fingerprint density at radius 3 is 2.62 bits per heavy atom. The van der Waals surface area contributed by atoms with Crippen molar-refractivity contribution >= 4 is 5.82 Å². The number of pyridine rings is 1. The van der Waals surface area contributed by atoms with Crippen molar-refractivity contribution in [1.82, 2.24) is 4.98 Å². The van der Waals surface area contributed by atoms with Crippen LogP contribution in [0.4, 0.5) is 10.2 Å². The summed E-state index contributed by atoms with van der Waals surface area (Å²) in [6.45, 7) is 0. The van der Waals surface area contributed by atoms with E-state index in [-0.39, 0.29) is 11.4 Å². The highest BCUT2D eigenvalue weighted by molar-refractivity contribution is 5.33. The lowest BCUT2D eigenvalue weighted by atomic mass is 9.75. The standard InChI is InChI=1S/C9H11FN2O/c10-8-6(2-3-7(11)12-8)9(13)4-1-5-9/h2-3,13H,1,4-5H2,(H2,11,12). The second-order valence-corrected chi connectivity index (χ2v) is 3.46. The highest BCUT2D eigenvalue weighted by Gasteiger charge is 2.38. The molecule has 1 aliphatic carbocycles. The number of rotatable bonds is 1. The summed E-state index contributed by atoms with van der Waals surface area (Å²) in [5, 5.41) is 9.83. The molecule has 1 aliphatic rings. The van der Waals surface area contributed by atoms with Crippen molar-refractivity contribution < 1.29 is 9.50 Å². The Hall–Kier alpha value is -1.16. The largest absolute Gasteiger partial charge is 0.385 e. The average molecular weight is 182 g/mol. The fraction of sp³-hybridized carbons (Fsp3) is 0.444. The summed E-state index contributed by atoms with van der Waals surface area (Å²) >= 11 is 0. The molecule has 0 aliphatic heterocycles. The highest BCUT2D eigenvalue weighted by atomic mass is 19.1. The molecule has 0 spiro atoms. The van der Waals surface area contributed by atoms with Crippen LogP contribution in [-0.4, -0.2) is 10.1 Å². The molecule has 3 nitrogen and oxygen atoms in total. The van der Waals surface area contributed by atoms with Gasteiger partial charge < -0.3 is 10.8 Å². The fourth-order valence-electron chi connectivity index (χ4n) is 1.58. The van der Waals surface area contributed by atoms with E-state index in [9.17, 15) is 9.50 Å². The summed E-state index contributed by atoms with van der Waals surface area (Å²) in [7, 11) is 0. The van der Waals surface area contributed by atoms with Gasteiger partial charge in [0.05, 0.1) is 5.60 Å². The average Bonchev–Trinajstić information content (AvgIpc) is 2.00. The van der Waals surface area contributed by atoms with Crippen LogP contribution >= 0.6 is 0 Å². The highest BCUT2D eigenvalue weighted by Crippen LogP contribution is 2.41. The zero-order chi connectivity index (χ0) is 9.47. The van der Waals surface area contributed by atoms with Crippen LogP contribution < -0.4 is 5.73 Å². The summed E-state index contributed by atoms with van der Waals surface area (Å²) < 4.78 is 13.2. The molecule has 0 atom stereocenters. The Kier molecular flexibility index (Phi) is 1.73. The quantitative estimate of drug-likeness (QED) is 0.641. The zero-order valence-electron chi connectivity index (χ0n) is 7.13. The smallest absolute Gasteiger partial charge is 0.220 e. The van der Waals surface area contributed by atoms with E-state index < -0.39 is 11.5 Å². The minimum Gasteiger partial charge on any atom is -0.385 e. The Labute approximate surface area is 75.4 Å². The van der Waals surface area contributed by atoms with E-state index in [1.807, 2.05) is 0 Å². The molecular formula is C9H11FN2O. The van der Waals surface area contributed by atoms with Crippen molar-refractivity contribution in [3.05, 3.63) is 23.6 Å². The number of hydrogen-bond donors (Lipinski definition) is 2. The first-order valence-electron chi connectivity index (χ1n) is 4.27. The lowest BCUT2D eigenvalue weighted by Crippen LogP contribution is -2.34. The molecule has 1 aromatic rings. The molecular weight excluding hydrogens is 171 g/mol. The second-order valence-electron chi connectivity index (χ2n) is 3.46. The third kappa shape index (κ3) is 1.27. The summed E-state index contributed by atoms with van der Waals surface area (Å²) in [6.07, 6.45) is 2.14. The number of aromatic nitrogens is 1. The zero-order valence-corrected chi connectivity index (χ0v) is 7.13. The van der Waals surface area contributed by atoms with Crippen molar-refractivity contribution in [2.45, 2.75) is 24.9 Å². The summed E-state index contributed by atoms with van der Waals surface area (Å²) in [4.78, 5) is 3.47. The van der Waals surface area contributed by atoms with Gasteiger partial charge in [-0.25, -0.2) is 4.98 Å². The van der Waals surface area contributed by atoms with Crippen LogP contribution in [0.5, 0.6) is 0 Å². The van der Waals surface area contributed by atoms with Gasteiger partial charge in [-0.15, -0.1) is 0 Å². The van der Waals surface area contributed by atoms with E-state index in [0.29, 0.717) is 12.8 Å². The van der Waals surface area contributed by atoms with Crippen LogP contribution in [0, 0.1) is 5.95 Å². The first-order valence-corrected chi connectivity index (χ1v) is 4.27. The minimum absolute atomic E-state index is 0.143. The number of nitrogens with zero attached hydrogens (tertiary/aromatic N) is 1. The Morgan fingerprint density at radius 1 is 1.46 bits per heavy atom. The Balaban J connectivity index is 2.40. The van der Waals surface area contributed by atoms with Gasteiger partial charge in [0.1, 0.15) is 5.82 Å². The predicted octanol–water partition coefficient (Wildman–Crippen LogP) is 1.17. The molecule has 0 unspecified atom stereocenters. The van der Waals surface area contributed by atoms with Crippen molar-refractivity contribution in [2.75, 3.05) is 5.73 Å². The summed E-state index contributed by atoms with van der Waals surface area (Å²) in [5.41, 5.74) is 4.57. The first kappa shape index (κ1) is 8.44. The molecule has 0 amide bonds. The van der Waals surface area contributed by atoms with Crippen LogP contribution in [-0.2, 0) is 5.60 Å². The van der Waals surface area contributed by atoms with Gasteiger partial charge >= 0.3 is 0 Å². The van der Waals surface area contributed by atoms with Crippen LogP contribution in [0.1, 0.15) is 24.8 Å². The van der Waals surface area contributed by atoms with Crippen molar-refractivity contribution in [3.8, 4) is 0 Å². The van der Waals surface area contributed by atoms with Crippen LogP contribution in [0.2, 0.25) is 0 Å². The van der Waals surface area contributed by atoms with Gasteiger partial charge in [0.2, 0.25) is 5.95 Å². The monoisotopic (exact) mass is 182 g/mol. The van der Waals surface area contributed by atoms with Crippen molar-refractivity contribution in [3.63, 3.8) is 0 Å². The fourth-order valence-corrected chi connectivity index (χ4v) is 1.58. The maximum absolute atomic E-state index is 13.2. The van der Waals surface area contributed by atoms with Gasteiger partial charge in [-0.1, -0.05) is 0 Å². The lowest BCUT2D eigenvalue weighted by molar-refractivity contribution is -0.0421. The Morgan fingerprint density at radius 2 is 2.15 bits per heavy atom. The van der Waals surface area contributed by atoms with E-state index >= 15 is 0 Å². The molecule has 0 bridgehead atoms. The molecule has 1 aromatic heterocycles. The molecule has 0 radical (unpaired) electrons. The molecule has 3 N–H and O–H groups in total. The van der Waals surface area contributed by atoms with Crippen molar-refractivity contribution in [1.29, 1.82) is 0 Å². The number of hydrogen-bond acceptors (Lipinski definition) is 3. The van der Waals surface area contributed by atoms with Gasteiger partial charge in [-0.05, 0) is 31.4 Å². The van der Waals surface area contributed by atoms with E-state index in [2.05, 4.69) is 4.98 Å². The van der Waals surface area contributed by atoms with Gasteiger partial charge in [0.25, 0.3) is 0 Å².